The van der Waals surface area contributed by atoms with Crippen LogP contribution in [0.15, 0.2) is 0 Å². The van der Waals surface area contributed by atoms with Crippen LogP contribution in [0.5, 0.6) is 0 Å². The highest BCUT2D eigenvalue weighted by Gasteiger charge is 2.26. The Bertz CT molecular complexity index is 882. The monoisotopic (exact) mass is 800 g/mol. The Kier molecular flexibility index (Phi) is 42.4. The number of amides is 1. The van der Waals surface area contributed by atoms with E-state index in [0.717, 1.165) is 38.5 Å². The molecule has 330 valence electrons. The number of carbonyl (C=O) groups is 1. The van der Waals surface area contributed by atoms with Crippen molar-refractivity contribution in [3.8, 4) is 0 Å². The molecule has 1 amide bonds. The molecule has 0 rings (SSSR count). The maximum absolute atomic E-state index is 12.6. The van der Waals surface area contributed by atoms with E-state index < -0.39 is 28.0 Å². The minimum atomic E-state index is -4.31. The molecule has 0 aliphatic heterocycles. The van der Waals surface area contributed by atoms with E-state index in [0.29, 0.717) is 12.8 Å². The van der Waals surface area contributed by atoms with E-state index in [-0.39, 0.29) is 5.91 Å². The summed E-state index contributed by atoms with van der Waals surface area (Å²) < 4.78 is 32.7. The van der Waals surface area contributed by atoms with Crippen LogP contribution < -0.4 is 5.32 Å². The van der Waals surface area contributed by atoms with E-state index in [1.54, 1.807) is 0 Å². The van der Waals surface area contributed by atoms with Crippen LogP contribution in [0.1, 0.15) is 284 Å². The first-order valence-corrected chi connectivity index (χ1v) is 26.3. The molecule has 0 fully saturated rings. The van der Waals surface area contributed by atoms with E-state index in [1.807, 2.05) is 0 Å². The van der Waals surface area contributed by atoms with Crippen molar-refractivity contribution in [3.05, 3.63) is 0 Å². The van der Waals surface area contributed by atoms with Gasteiger partial charge in [-0.15, -0.1) is 0 Å². The molecule has 7 heteroatoms. The highest BCUT2D eigenvalue weighted by atomic mass is 32.2. The van der Waals surface area contributed by atoms with Gasteiger partial charge in [0, 0.05) is 6.42 Å². The highest BCUT2D eigenvalue weighted by Crippen LogP contribution is 2.18. The zero-order chi connectivity index (χ0) is 40.3. The molecule has 0 aliphatic carbocycles. The topological polar surface area (TPSA) is 104 Å². The third kappa shape index (κ3) is 44.3. The molecule has 2 atom stereocenters. The zero-order valence-electron chi connectivity index (χ0n) is 37.1. The summed E-state index contributed by atoms with van der Waals surface area (Å²) in [5.74, 6) is -0.878. The predicted octanol–water partition coefficient (Wildman–Crippen LogP) is 15.1. The number of hydrogen-bond acceptors (Lipinski definition) is 4. The van der Waals surface area contributed by atoms with Crippen molar-refractivity contribution in [1.82, 2.24) is 5.32 Å². The molecule has 0 aromatic rings. The van der Waals surface area contributed by atoms with E-state index in [4.69, 9.17) is 0 Å². The van der Waals surface area contributed by atoms with Gasteiger partial charge in [-0.25, -0.2) is 0 Å². The number of rotatable bonds is 46. The number of aliphatic hydroxyl groups excluding tert-OH is 1. The summed E-state index contributed by atoms with van der Waals surface area (Å²) in [6.45, 7) is 4.56. The van der Waals surface area contributed by atoms with Gasteiger partial charge in [-0.05, 0) is 12.8 Å². The van der Waals surface area contributed by atoms with Crippen molar-refractivity contribution < 1.29 is 22.9 Å². The fourth-order valence-corrected chi connectivity index (χ4v) is 8.86. The lowest BCUT2D eigenvalue weighted by Crippen LogP contribution is -2.47. The van der Waals surface area contributed by atoms with Gasteiger partial charge < -0.3 is 10.4 Å². The maximum Gasteiger partial charge on any atom is 0.266 e. The first-order chi connectivity index (χ1) is 26.8. The minimum absolute atomic E-state index is 0.237. The summed E-state index contributed by atoms with van der Waals surface area (Å²) in [5.41, 5.74) is 0. The molecular formula is C48H97NO5S. The number of hydrogen-bond donors (Lipinski definition) is 3. The Morgan fingerprint density at radius 1 is 0.418 bits per heavy atom. The summed E-state index contributed by atoms with van der Waals surface area (Å²) in [4.78, 5) is 12.6. The van der Waals surface area contributed by atoms with Crippen LogP contribution in [0.4, 0.5) is 0 Å². The van der Waals surface area contributed by atoms with E-state index in [2.05, 4.69) is 19.2 Å². The van der Waals surface area contributed by atoms with Crippen LogP contribution in [0.25, 0.3) is 0 Å². The third-order valence-electron chi connectivity index (χ3n) is 11.8. The van der Waals surface area contributed by atoms with Crippen LogP contribution in [0.2, 0.25) is 0 Å². The lowest BCUT2D eigenvalue weighted by Gasteiger charge is -2.23. The van der Waals surface area contributed by atoms with Crippen molar-refractivity contribution in [3.63, 3.8) is 0 Å². The second kappa shape index (κ2) is 42.9. The number of unbranched alkanes of at least 4 members (excludes halogenated alkanes) is 38. The molecule has 2 unspecified atom stereocenters. The van der Waals surface area contributed by atoms with E-state index in [9.17, 15) is 22.9 Å². The Labute approximate surface area is 344 Å². The van der Waals surface area contributed by atoms with Gasteiger partial charge in [0.15, 0.2) is 0 Å². The fourth-order valence-electron chi connectivity index (χ4n) is 8.11. The molecule has 0 aromatic carbocycles. The fraction of sp³-hybridized carbons (Fsp3) is 0.979. The number of aliphatic hydroxyl groups is 1. The van der Waals surface area contributed by atoms with Gasteiger partial charge in [-0.2, -0.15) is 8.42 Å². The van der Waals surface area contributed by atoms with E-state index >= 15 is 0 Å². The summed E-state index contributed by atoms with van der Waals surface area (Å²) in [6, 6.07) is -0.965. The first kappa shape index (κ1) is 54.3. The first-order valence-electron chi connectivity index (χ1n) is 24.7. The minimum Gasteiger partial charge on any atom is -0.391 e. The molecule has 0 heterocycles. The van der Waals surface area contributed by atoms with Crippen molar-refractivity contribution in [2.24, 2.45) is 0 Å². The van der Waals surface area contributed by atoms with Crippen molar-refractivity contribution >= 4 is 16.0 Å². The van der Waals surface area contributed by atoms with Gasteiger partial charge in [-0.1, -0.05) is 264 Å². The zero-order valence-corrected chi connectivity index (χ0v) is 37.9. The Morgan fingerprint density at radius 2 is 0.655 bits per heavy atom. The molecule has 3 N–H and O–H groups in total. The molecule has 0 bridgehead atoms. The van der Waals surface area contributed by atoms with Gasteiger partial charge >= 0.3 is 0 Å². The Morgan fingerprint density at radius 3 is 0.909 bits per heavy atom. The van der Waals surface area contributed by atoms with Crippen LogP contribution >= 0.6 is 0 Å². The van der Waals surface area contributed by atoms with Crippen molar-refractivity contribution in [1.29, 1.82) is 0 Å². The second-order valence-electron chi connectivity index (χ2n) is 17.5. The molecule has 0 saturated heterocycles. The quantitative estimate of drug-likeness (QED) is 0.0420. The molecule has 55 heavy (non-hydrogen) atoms. The molecule has 6 nitrogen and oxygen atoms in total. The summed E-state index contributed by atoms with van der Waals surface area (Å²) >= 11 is 0. The van der Waals surface area contributed by atoms with Gasteiger partial charge in [0.2, 0.25) is 5.91 Å². The van der Waals surface area contributed by atoms with Gasteiger partial charge in [0.1, 0.15) is 0 Å². The van der Waals surface area contributed by atoms with Gasteiger partial charge in [-0.3, -0.25) is 9.35 Å². The second-order valence-corrected chi connectivity index (χ2v) is 19.0. The van der Waals surface area contributed by atoms with Crippen molar-refractivity contribution in [2.45, 2.75) is 296 Å². The van der Waals surface area contributed by atoms with Crippen LogP contribution in [0.3, 0.4) is 0 Å². The highest BCUT2D eigenvalue weighted by molar-refractivity contribution is 7.85. The van der Waals surface area contributed by atoms with Crippen LogP contribution in [0, 0.1) is 0 Å². The molecule has 0 radical (unpaired) electrons. The molecule has 0 aliphatic rings. The third-order valence-corrected chi connectivity index (χ3v) is 12.6. The van der Waals surface area contributed by atoms with Crippen molar-refractivity contribution in [2.75, 3.05) is 5.75 Å². The average Bonchev–Trinajstić information content (AvgIpc) is 3.15. The SMILES string of the molecule is CCCCCCCCCCCCCCCCCCCCCCCCC(=O)NC(CS(=O)(=O)O)C(O)CCCCCCCCCCCCCCCCCCCC. The summed E-state index contributed by atoms with van der Waals surface area (Å²) in [5, 5.41) is 13.4. The maximum atomic E-state index is 12.6. The standard InChI is InChI=1S/C48H97NO5S/c1-3-5-7-9-11-13-15-17-19-21-23-24-25-26-28-30-32-34-36-38-40-42-44-48(51)49-46(45-55(52,53)54)47(50)43-41-39-37-35-33-31-29-27-22-20-18-16-14-12-10-8-6-4-2/h46-47,50H,3-45H2,1-2H3,(H,49,51)(H,52,53,54). The molecule has 0 aromatic heterocycles. The molecule has 0 saturated carbocycles. The summed E-state index contributed by atoms with van der Waals surface area (Å²) in [6.07, 6.45) is 52.1. The van der Waals surface area contributed by atoms with Crippen LogP contribution in [-0.4, -0.2) is 41.9 Å². The predicted molar refractivity (Wildman–Crippen MR) is 240 cm³/mol. The summed E-state index contributed by atoms with van der Waals surface area (Å²) in [7, 11) is -4.31. The average molecular weight is 800 g/mol. The van der Waals surface area contributed by atoms with E-state index in [1.165, 1.54) is 218 Å². The number of carbonyl (C=O) groups excluding carboxylic acids is 1. The Balaban J connectivity index is 3.71. The largest absolute Gasteiger partial charge is 0.391 e. The number of nitrogens with one attached hydrogen (secondary N) is 1. The lowest BCUT2D eigenvalue weighted by molar-refractivity contribution is -0.122. The smallest absolute Gasteiger partial charge is 0.266 e. The normalized spacial score (nSPS) is 13.0. The Hall–Kier alpha value is -0.660. The lowest BCUT2D eigenvalue weighted by atomic mass is 10.0. The van der Waals surface area contributed by atoms with Crippen LogP contribution in [-0.2, 0) is 14.9 Å². The molecule has 0 spiro atoms. The molecular weight excluding hydrogens is 703 g/mol. The van der Waals surface area contributed by atoms with Gasteiger partial charge in [0.05, 0.1) is 17.9 Å². The van der Waals surface area contributed by atoms with Gasteiger partial charge in [0.25, 0.3) is 10.1 Å².